The number of nitrogens with zero attached hydrogens (tertiary/aromatic N) is 3. The van der Waals surface area contributed by atoms with Gasteiger partial charge < -0.3 is 10.1 Å². The first-order valence-electron chi connectivity index (χ1n) is 6.26. The summed E-state index contributed by atoms with van der Waals surface area (Å²) in [4.78, 5) is 33.8. The molecule has 0 spiro atoms. The van der Waals surface area contributed by atoms with Gasteiger partial charge in [-0.05, 0) is 13.8 Å². The van der Waals surface area contributed by atoms with Crippen LogP contribution in [0.4, 0.5) is 0 Å². The summed E-state index contributed by atoms with van der Waals surface area (Å²) in [5, 5.41) is 8.93. The normalized spacial score (nSPS) is 10.7. The Morgan fingerprint density at radius 2 is 2.20 bits per heavy atom. The Balaban J connectivity index is 2.32. The van der Waals surface area contributed by atoms with Gasteiger partial charge >= 0.3 is 11.7 Å². The minimum Gasteiger partial charge on any atom is -0.481 e. The van der Waals surface area contributed by atoms with Gasteiger partial charge in [0.15, 0.2) is 0 Å². The third-order valence-corrected chi connectivity index (χ3v) is 3.23. The van der Waals surface area contributed by atoms with Gasteiger partial charge in [-0.3, -0.25) is 9.36 Å². The van der Waals surface area contributed by atoms with E-state index in [1.807, 2.05) is 0 Å². The van der Waals surface area contributed by atoms with Crippen LogP contribution in [0.1, 0.15) is 22.8 Å². The Hall–Kier alpha value is -2.44. The summed E-state index contributed by atoms with van der Waals surface area (Å²) in [7, 11) is 0. The first kappa shape index (κ1) is 14.0. The lowest BCUT2D eigenvalue weighted by molar-refractivity contribution is -0.136. The van der Waals surface area contributed by atoms with Crippen LogP contribution in [0.2, 0.25) is 0 Å². The Bertz CT molecular complexity index is 674. The fraction of sp³-hybridized carbons (Fsp3) is 0.385. The summed E-state index contributed by atoms with van der Waals surface area (Å²) in [6.07, 6.45) is 3.79. The summed E-state index contributed by atoms with van der Waals surface area (Å²) < 4.78 is 1.49. The minimum absolute atomic E-state index is 0.133. The molecule has 7 nitrogen and oxygen atoms in total. The standard InChI is InChI=1S/C13H16N4O3/c1-8-10(7-12(18)19)9(2)17(13(20)16-8)6-3-11-14-4-5-15-11/h4-5H,3,6-7H2,1-2H3,(H,14,15)(H,18,19). The van der Waals surface area contributed by atoms with Crippen LogP contribution in [0.3, 0.4) is 0 Å². The molecule has 0 aromatic carbocycles. The predicted molar refractivity (Wildman–Crippen MR) is 71.6 cm³/mol. The molecule has 0 amide bonds. The number of H-pyrrole nitrogens is 1. The lowest BCUT2D eigenvalue weighted by Gasteiger charge is -2.13. The van der Waals surface area contributed by atoms with Crippen molar-refractivity contribution in [2.45, 2.75) is 33.2 Å². The minimum atomic E-state index is -0.936. The quantitative estimate of drug-likeness (QED) is 0.825. The highest BCUT2D eigenvalue weighted by Crippen LogP contribution is 2.10. The number of imidazole rings is 1. The highest BCUT2D eigenvalue weighted by Gasteiger charge is 2.14. The number of hydrogen-bond donors (Lipinski definition) is 2. The zero-order chi connectivity index (χ0) is 14.7. The molecule has 0 aliphatic rings. The monoisotopic (exact) mass is 276 g/mol. The molecule has 106 valence electrons. The van der Waals surface area contributed by atoms with Crippen molar-refractivity contribution in [2.75, 3.05) is 0 Å². The van der Waals surface area contributed by atoms with Crippen molar-refractivity contribution in [1.29, 1.82) is 0 Å². The van der Waals surface area contributed by atoms with Gasteiger partial charge in [0.05, 0.1) is 6.42 Å². The number of carbonyl (C=O) groups is 1. The summed E-state index contributed by atoms with van der Waals surface area (Å²) >= 11 is 0. The first-order valence-corrected chi connectivity index (χ1v) is 6.26. The number of nitrogens with one attached hydrogen (secondary N) is 1. The van der Waals surface area contributed by atoms with E-state index in [9.17, 15) is 9.59 Å². The van der Waals surface area contributed by atoms with E-state index in [4.69, 9.17) is 5.11 Å². The Kier molecular flexibility index (Phi) is 3.97. The lowest BCUT2D eigenvalue weighted by atomic mass is 10.1. The average Bonchev–Trinajstić information content (AvgIpc) is 2.87. The van der Waals surface area contributed by atoms with Crippen LogP contribution in [0, 0.1) is 13.8 Å². The maximum absolute atomic E-state index is 11.9. The highest BCUT2D eigenvalue weighted by molar-refractivity contribution is 5.70. The largest absolute Gasteiger partial charge is 0.481 e. The molecule has 0 saturated carbocycles. The molecule has 2 rings (SSSR count). The molecule has 0 fully saturated rings. The van der Waals surface area contributed by atoms with Crippen LogP contribution >= 0.6 is 0 Å². The summed E-state index contributed by atoms with van der Waals surface area (Å²) in [5.41, 5.74) is 1.36. The third kappa shape index (κ3) is 2.93. The van der Waals surface area contributed by atoms with Crippen LogP contribution in [-0.2, 0) is 24.2 Å². The van der Waals surface area contributed by atoms with E-state index in [0.29, 0.717) is 29.9 Å². The number of aryl methyl sites for hydroxylation is 2. The number of carboxylic acid groups (broad SMARTS) is 1. The van der Waals surface area contributed by atoms with Gasteiger partial charge in [-0.25, -0.2) is 9.78 Å². The first-order chi connectivity index (χ1) is 9.49. The van der Waals surface area contributed by atoms with Gasteiger partial charge in [0.25, 0.3) is 0 Å². The fourth-order valence-corrected chi connectivity index (χ4v) is 2.16. The summed E-state index contributed by atoms with van der Waals surface area (Å²) in [5.74, 6) is -0.161. The van der Waals surface area contributed by atoms with Crippen molar-refractivity contribution >= 4 is 5.97 Å². The number of aromatic amines is 1. The van der Waals surface area contributed by atoms with Gasteiger partial charge in [-0.2, -0.15) is 4.98 Å². The van der Waals surface area contributed by atoms with Crippen molar-refractivity contribution in [1.82, 2.24) is 19.5 Å². The van der Waals surface area contributed by atoms with Crippen molar-refractivity contribution in [2.24, 2.45) is 0 Å². The molecule has 2 heterocycles. The molecule has 2 N–H and O–H groups in total. The van der Waals surface area contributed by atoms with Gasteiger partial charge in [-0.15, -0.1) is 0 Å². The SMILES string of the molecule is Cc1nc(=O)n(CCc2ncc[nH]2)c(C)c1CC(=O)O. The third-order valence-electron chi connectivity index (χ3n) is 3.23. The van der Waals surface area contributed by atoms with E-state index in [2.05, 4.69) is 15.0 Å². The van der Waals surface area contributed by atoms with E-state index < -0.39 is 5.97 Å². The second-order valence-corrected chi connectivity index (χ2v) is 4.55. The second kappa shape index (κ2) is 5.68. The average molecular weight is 276 g/mol. The number of rotatable bonds is 5. The number of aromatic nitrogens is 4. The topological polar surface area (TPSA) is 101 Å². The van der Waals surface area contributed by atoms with E-state index in [0.717, 1.165) is 5.82 Å². The molecule has 0 bridgehead atoms. The van der Waals surface area contributed by atoms with Crippen LogP contribution in [0.25, 0.3) is 0 Å². The number of hydrogen-bond acceptors (Lipinski definition) is 4. The van der Waals surface area contributed by atoms with E-state index in [1.165, 1.54) is 4.57 Å². The molecule has 0 aliphatic carbocycles. The molecule has 0 saturated heterocycles. The van der Waals surface area contributed by atoms with Crippen molar-refractivity contribution in [3.8, 4) is 0 Å². The molecule has 2 aromatic rings. The van der Waals surface area contributed by atoms with Gasteiger partial charge in [0, 0.05) is 42.3 Å². The molecule has 0 unspecified atom stereocenters. The van der Waals surface area contributed by atoms with E-state index in [-0.39, 0.29) is 12.1 Å². The maximum Gasteiger partial charge on any atom is 0.347 e. The van der Waals surface area contributed by atoms with Gasteiger partial charge in [0.1, 0.15) is 5.82 Å². The second-order valence-electron chi connectivity index (χ2n) is 4.55. The van der Waals surface area contributed by atoms with E-state index >= 15 is 0 Å². The molecule has 0 aliphatic heterocycles. The molecule has 7 heteroatoms. The predicted octanol–water partition coefficient (Wildman–Crippen LogP) is 0.453. The molecule has 20 heavy (non-hydrogen) atoms. The fourth-order valence-electron chi connectivity index (χ4n) is 2.16. The summed E-state index contributed by atoms with van der Waals surface area (Å²) in [6, 6.07) is 0. The van der Waals surface area contributed by atoms with Crippen LogP contribution in [0.5, 0.6) is 0 Å². The Morgan fingerprint density at radius 3 is 2.80 bits per heavy atom. The van der Waals surface area contributed by atoms with Crippen LogP contribution < -0.4 is 5.69 Å². The maximum atomic E-state index is 11.9. The zero-order valence-corrected chi connectivity index (χ0v) is 11.4. The number of carboxylic acids is 1. The van der Waals surface area contributed by atoms with Gasteiger partial charge in [-0.1, -0.05) is 0 Å². The van der Waals surface area contributed by atoms with Crippen molar-refractivity contribution in [3.05, 3.63) is 45.7 Å². The van der Waals surface area contributed by atoms with Crippen molar-refractivity contribution < 1.29 is 9.90 Å². The van der Waals surface area contributed by atoms with Crippen LogP contribution in [-0.4, -0.2) is 30.6 Å². The number of aliphatic carboxylic acids is 1. The van der Waals surface area contributed by atoms with E-state index in [1.54, 1.807) is 26.2 Å². The van der Waals surface area contributed by atoms with Gasteiger partial charge in [0.2, 0.25) is 0 Å². The smallest absolute Gasteiger partial charge is 0.347 e. The lowest BCUT2D eigenvalue weighted by Crippen LogP contribution is -2.29. The Morgan fingerprint density at radius 1 is 1.45 bits per heavy atom. The highest BCUT2D eigenvalue weighted by atomic mass is 16.4. The zero-order valence-electron chi connectivity index (χ0n) is 11.4. The molecular weight excluding hydrogens is 260 g/mol. The molecule has 0 radical (unpaired) electrons. The summed E-state index contributed by atoms with van der Waals surface area (Å²) in [6.45, 7) is 3.82. The van der Waals surface area contributed by atoms with Crippen molar-refractivity contribution in [3.63, 3.8) is 0 Å². The molecule has 2 aromatic heterocycles. The molecule has 0 atom stereocenters. The Labute approximate surface area is 115 Å². The molecular formula is C13H16N4O3. The van der Waals surface area contributed by atoms with Crippen LogP contribution in [0.15, 0.2) is 17.2 Å².